The van der Waals surface area contributed by atoms with Crippen molar-refractivity contribution in [3.8, 4) is 0 Å². The molecule has 0 saturated carbocycles. The molecule has 2 aliphatic heterocycles. The van der Waals surface area contributed by atoms with Crippen LogP contribution in [-0.4, -0.2) is 48.2 Å². The van der Waals surface area contributed by atoms with Crippen molar-refractivity contribution < 1.29 is 19.4 Å². The number of fused-ring (bicyclic) bond motifs is 1. The molecule has 1 saturated heterocycles. The number of nitrogens with one attached hydrogen (secondary N) is 1. The second-order valence-corrected chi connectivity index (χ2v) is 8.03. The van der Waals surface area contributed by atoms with Gasteiger partial charge < -0.3 is 20.1 Å². The van der Waals surface area contributed by atoms with Gasteiger partial charge in [-0.2, -0.15) is 0 Å². The molecule has 6 nitrogen and oxygen atoms in total. The summed E-state index contributed by atoms with van der Waals surface area (Å²) in [6.45, 7) is 5.89. The van der Waals surface area contributed by atoms with E-state index in [1.54, 1.807) is 16.2 Å². The van der Waals surface area contributed by atoms with Crippen molar-refractivity contribution in [1.29, 1.82) is 0 Å². The highest BCUT2D eigenvalue weighted by Gasteiger charge is 2.36. The first-order valence-corrected chi connectivity index (χ1v) is 9.23. The molecule has 3 heterocycles. The molecule has 3 rings (SSSR count). The van der Waals surface area contributed by atoms with Crippen molar-refractivity contribution in [3.05, 3.63) is 21.9 Å². The highest BCUT2D eigenvalue weighted by molar-refractivity contribution is 7.10. The zero-order valence-corrected chi connectivity index (χ0v) is 14.9. The van der Waals surface area contributed by atoms with E-state index in [1.807, 2.05) is 13.8 Å². The Kier molecular flexibility index (Phi) is 4.83. The lowest BCUT2D eigenvalue weighted by atomic mass is 9.90. The number of ether oxygens (including phenoxy) is 1. The average molecular weight is 352 g/mol. The lowest BCUT2D eigenvalue weighted by Gasteiger charge is -2.37. The summed E-state index contributed by atoms with van der Waals surface area (Å²) >= 11 is 1.73. The minimum absolute atomic E-state index is 0.190. The molecule has 3 atom stereocenters. The summed E-state index contributed by atoms with van der Waals surface area (Å²) in [6.07, 6.45) is 1.54. The summed E-state index contributed by atoms with van der Waals surface area (Å²) in [5.74, 6) is -1.12. The number of hydrogen-bond donors (Lipinski definition) is 2. The molecule has 0 aromatic carbocycles. The second kappa shape index (κ2) is 6.72. The molecular weight excluding hydrogens is 328 g/mol. The first-order valence-electron chi connectivity index (χ1n) is 8.35. The number of carboxylic acid groups (broad SMARTS) is 1. The number of piperidine rings is 1. The van der Waals surface area contributed by atoms with Crippen LogP contribution in [0.5, 0.6) is 0 Å². The van der Waals surface area contributed by atoms with Crippen LogP contribution in [-0.2, 0) is 21.6 Å². The van der Waals surface area contributed by atoms with Crippen LogP contribution in [0.2, 0.25) is 0 Å². The summed E-state index contributed by atoms with van der Waals surface area (Å²) in [5.41, 5.74) is 0.631. The van der Waals surface area contributed by atoms with E-state index in [9.17, 15) is 14.7 Å². The van der Waals surface area contributed by atoms with Crippen molar-refractivity contribution >= 4 is 23.3 Å². The number of aliphatic carboxylic acids is 1. The Bertz CT molecular complexity index is 632. The number of rotatable bonds is 3. The Morgan fingerprint density at radius 3 is 3.04 bits per heavy atom. The van der Waals surface area contributed by atoms with Gasteiger partial charge in [-0.25, -0.2) is 4.79 Å². The minimum Gasteiger partial charge on any atom is -0.481 e. The number of carboxylic acids is 1. The number of nitrogens with zero attached hydrogens (tertiary/aromatic N) is 1. The molecule has 0 radical (unpaired) electrons. The molecule has 0 aliphatic carbocycles. The van der Waals surface area contributed by atoms with E-state index in [2.05, 4.69) is 16.8 Å². The summed E-state index contributed by atoms with van der Waals surface area (Å²) in [6, 6.07) is 1.86. The molecule has 132 valence electrons. The molecule has 2 aliphatic rings. The van der Waals surface area contributed by atoms with Crippen molar-refractivity contribution in [3.63, 3.8) is 0 Å². The van der Waals surface area contributed by atoms with Gasteiger partial charge in [0.25, 0.3) is 0 Å². The molecule has 0 spiro atoms. The zero-order chi connectivity index (χ0) is 17.3. The molecule has 24 heavy (non-hydrogen) atoms. The third kappa shape index (κ3) is 3.42. The van der Waals surface area contributed by atoms with E-state index in [4.69, 9.17) is 4.74 Å². The number of hydrogen-bond acceptors (Lipinski definition) is 4. The van der Waals surface area contributed by atoms with Gasteiger partial charge >= 0.3 is 12.0 Å². The lowest BCUT2D eigenvalue weighted by Crippen LogP contribution is -2.52. The van der Waals surface area contributed by atoms with Crippen LogP contribution in [0.25, 0.3) is 0 Å². The Morgan fingerprint density at radius 2 is 2.29 bits per heavy atom. The topological polar surface area (TPSA) is 78.9 Å². The molecule has 7 heteroatoms. The number of carbonyl (C=O) groups excluding carboxylic acids is 1. The SMILES string of the molecule is CC1CC(C(=O)O)CN(C(=O)NCC2(C)OCCc3sccc32)C1. The van der Waals surface area contributed by atoms with Crippen LogP contribution in [0.3, 0.4) is 0 Å². The van der Waals surface area contributed by atoms with E-state index in [0.29, 0.717) is 26.1 Å². The van der Waals surface area contributed by atoms with Crippen LogP contribution >= 0.6 is 11.3 Å². The van der Waals surface area contributed by atoms with E-state index in [1.165, 1.54) is 4.88 Å². The molecule has 1 aromatic heterocycles. The normalized spacial score (nSPS) is 29.8. The van der Waals surface area contributed by atoms with Gasteiger partial charge in [-0.3, -0.25) is 4.79 Å². The Morgan fingerprint density at radius 1 is 1.50 bits per heavy atom. The number of likely N-dealkylation sites (tertiary alicyclic amines) is 1. The molecule has 2 amide bonds. The van der Waals surface area contributed by atoms with Crippen LogP contribution in [0.4, 0.5) is 4.79 Å². The van der Waals surface area contributed by atoms with Gasteiger partial charge in [0.05, 0.1) is 19.1 Å². The van der Waals surface area contributed by atoms with Gasteiger partial charge in [-0.1, -0.05) is 6.92 Å². The van der Waals surface area contributed by atoms with Crippen molar-refractivity contribution in [2.45, 2.75) is 32.3 Å². The van der Waals surface area contributed by atoms with E-state index in [-0.39, 0.29) is 18.5 Å². The smallest absolute Gasteiger partial charge is 0.317 e. The van der Waals surface area contributed by atoms with Crippen LogP contribution < -0.4 is 5.32 Å². The molecule has 2 N–H and O–H groups in total. The van der Waals surface area contributed by atoms with Gasteiger partial charge in [-0.15, -0.1) is 11.3 Å². The van der Waals surface area contributed by atoms with Crippen LogP contribution in [0.1, 0.15) is 30.7 Å². The van der Waals surface area contributed by atoms with Gasteiger partial charge in [0.2, 0.25) is 0 Å². The average Bonchev–Trinajstić information content (AvgIpc) is 3.02. The second-order valence-electron chi connectivity index (χ2n) is 7.03. The van der Waals surface area contributed by atoms with E-state index in [0.717, 1.165) is 12.0 Å². The Labute approximate surface area is 145 Å². The van der Waals surface area contributed by atoms with Gasteiger partial charge in [0, 0.05) is 24.4 Å². The Balaban J connectivity index is 1.63. The highest BCUT2D eigenvalue weighted by atomic mass is 32.1. The fourth-order valence-electron chi connectivity index (χ4n) is 3.65. The zero-order valence-electron chi connectivity index (χ0n) is 14.1. The lowest BCUT2D eigenvalue weighted by molar-refractivity contribution is -0.143. The molecule has 3 unspecified atom stereocenters. The van der Waals surface area contributed by atoms with Gasteiger partial charge in [0.15, 0.2) is 0 Å². The molecular formula is C17H24N2O4S. The first kappa shape index (κ1) is 17.2. The number of urea groups is 1. The number of amides is 2. The van der Waals surface area contributed by atoms with Gasteiger partial charge in [-0.05, 0) is 36.3 Å². The van der Waals surface area contributed by atoms with E-state index >= 15 is 0 Å². The summed E-state index contributed by atoms with van der Waals surface area (Å²) in [4.78, 5) is 26.7. The van der Waals surface area contributed by atoms with E-state index < -0.39 is 17.5 Å². The van der Waals surface area contributed by atoms with Crippen molar-refractivity contribution in [2.24, 2.45) is 11.8 Å². The highest BCUT2D eigenvalue weighted by Crippen LogP contribution is 2.35. The largest absolute Gasteiger partial charge is 0.481 e. The summed E-state index contributed by atoms with van der Waals surface area (Å²) in [7, 11) is 0. The molecule has 0 bridgehead atoms. The van der Waals surface area contributed by atoms with Crippen LogP contribution in [0.15, 0.2) is 11.4 Å². The predicted molar refractivity (Wildman–Crippen MR) is 91.2 cm³/mol. The number of carbonyl (C=O) groups is 2. The van der Waals surface area contributed by atoms with Crippen molar-refractivity contribution in [2.75, 3.05) is 26.2 Å². The quantitative estimate of drug-likeness (QED) is 0.875. The fraction of sp³-hybridized carbons (Fsp3) is 0.647. The molecule has 1 fully saturated rings. The third-order valence-electron chi connectivity index (χ3n) is 4.94. The summed E-state index contributed by atoms with van der Waals surface area (Å²) in [5, 5.41) is 14.2. The monoisotopic (exact) mass is 352 g/mol. The first-order chi connectivity index (χ1) is 11.4. The third-order valence-corrected chi connectivity index (χ3v) is 5.92. The summed E-state index contributed by atoms with van der Waals surface area (Å²) < 4.78 is 5.95. The fourth-order valence-corrected chi connectivity index (χ4v) is 4.63. The molecule has 1 aromatic rings. The maximum absolute atomic E-state index is 12.5. The minimum atomic E-state index is -0.829. The maximum Gasteiger partial charge on any atom is 0.317 e. The predicted octanol–water partition coefficient (Wildman–Crippen LogP) is 2.29. The van der Waals surface area contributed by atoms with Crippen molar-refractivity contribution in [1.82, 2.24) is 10.2 Å². The maximum atomic E-state index is 12.5. The van der Waals surface area contributed by atoms with Crippen LogP contribution in [0, 0.1) is 11.8 Å². The van der Waals surface area contributed by atoms with Gasteiger partial charge in [0.1, 0.15) is 5.60 Å². The number of thiophene rings is 1. The standard InChI is InChI=1S/C17H24N2O4S/c1-11-7-12(15(20)21)9-19(8-11)16(22)18-10-17(2)13-4-6-24-14(13)3-5-23-17/h4,6,11-12H,3,5,7-10H2,1-2H3,(H,18,22)(H,20,21). The Hall–Kier alpha value is -1.60.